The lowest BCUT2D eigenvalue weighted by Gasteiger charge is -2.25. The van der Waals surface area contributed by atoms with E-state index in [0.29, 0.717) is 5.92 Å². The van der Waals surface area contributed by atoms with Crippen molar-refractivity contribution in [3.63, 3.8) is 0 Å². The minimum Gasteiger partial charge on any atom is -0.256 e. The lowest BCUT2D eigenvalue weighted by molar-refractivity contribution is 0.445. The van der Waals surface area contributed by atoms with Gasteiger partial charge >= 0.3 is 0 Å². The number of hydrogen-bond acceptors (Lipinski definition) is 1. The summed E-state index contributed by atoms with van der Waals surface area (Å²) in [4.78, 5) is 4.69. The molecule has 0 amide bonds. The van der Waals surface area contributed by atoms with Crippen molar-refractivity contribution >= 4 is 32.3 Å². The summed E-state index contributed by atoms with van der Waals surface area (Å²) in [5.74, 6) is 0.665. The fourth-order valence-electron chi connectivity index (χ4n) is 7.57. The molecule has 0 spiro atoms. The zero-order valence-corrected chi connectivity index (χ0v) is 24.7. The fraction of sp³-hybridized carbons (Fsp3) is 0.167. The van der Waals surface area contributed by atoms with Gasteiger partial charge in [0.25, 0.3) is 0 Å². The van der Waals surface area contributed by atoms with Crippen molar-refractivity contribution in [2.24, 2.45) is 0 Å². The van der Waals surface area contributed by atoms with E-state index in [-0.39, 0.29) is 0 Å². The highest BCUT2D eigenvalue weighted by atomic mass is 14.7. The summed E-state index contributed by atoms with van der Waals surface area (Å²) < 4.78 is 0. The highest BCUT2D eigenvalue weighted by molar-refractivity contribution is 6.23. The third-order valence-electron chi connectivity index (χ3n) is 9.57. The number of pyridine rings is 1. The summed E-state index contributed by atoms with van der Waals surface area (Å²) in [7, 11) is 0. The van der Waals surface area contributed by atoms with Gasteiger partial charge in [0, 0.05) is 11.8 Å². The number of nitrogens with zero attached hydrogens (tertiary/aromatic N) is 1. The van der Waals surface area contributed by atoms with Crippen LogP contribution in [0.1, 0.15) is 49.1 Å². The van der Waals surface area contributed by atoms with Crippen LogP contribution in [0.5, 0.6) is 0 Å². The first-order valence-electron chi connectivity index (χ1n) is 15.8. The molecule has 0 N–H and O–H groups in total. The second kappa shape index (κ2) is 10.8. The van der Waals surface area contributed by atoms with E-state index in [1.807, 2.05) is 6.20 Å². The normalized spacial score (nSPS) is 14.1. The first-order valence-corrected chi connectivity index (χ1v) is 15.8. The number of aromatic nitrogens is 1. The smallest absolute Gasteiger partial charge is 0.0704 e. The van der Waals surface area contributed by atoms with E-state index >= 15 is 0 Å². The van der Waals surface area contributed by atoms with E-state index < -0.39 is 0 Å². The fourth-order valence-corrected chi connectivity index (χ4v) is 7.57. The summed E-state index contributed by atoms with van der Waals surface area (Å²) >= 11 is 0. The molecule has 1 fully saturated rings. The predicted molar refractivity (Wildman–Crippen MR) is 184 cm³/mol. The zero-order chi connectivity index (χ0) is 28.8. The summed E-state index contributed by atoms with van der Waals surface area (Å²) in [6.07, 6.45) is 8.58. The molecule has 1 aromatic heterocycles. The molecule has 0 bridgehead atoms. The van der Waals surface area contributed by atoms with Crippen molar-refractivity contribution in [3.8, 4) is 33.5 Å². The van der Waals surface area contributed by atoms with Gasteiger partial charge < -0.3 is 0 Å². The van der Waals surface area contributed by atoms with Gasteiger partial charge in [-0.2, -0.15) is 0 Å². The standard InChI is InChI=1S/C42H35N/c1-28-24-25-43-40(26-28)30-14-11-15-31(27-30)41-35-18-7-9-20-37(35)42(38-21-10-8-19-36(38)41)39-23-22-32(29-12-3-2-4-13-29)33-16-5-6-17-34(33)39/h5-11,14-27,29H,2-4,12-13H2,1H3. The van der Waals surface area contributed by atoms with Crippen LogP contribution in [0.4, 0.5) is 0 Å². The van der Waals surface area contributed by atoms with Gasteiger partial charge in [-0.1, -0.05) is 122 Å². The number of aryl methyl sites for hydroxylation is 1. The molecule has 1 aliphatic carbocycles. The Bertz CT molecular complexity index is 2070. The molecule has 0 radical (unpaired) electrons. The van der Waals surface area contributed by atoms with Gasteiger partial charge in [-0.3, -0.25) is 4.98 Å². The Labute approximate surface area is 253 Å². The summed E-state index contributed by atoms with van der Waals surface area (Å²) in [5, 5.41) is 7.94. The molecular weight excluding hydrogens is 518 g/mol. The third kappa shape index (κ3) is 4.51. The Kier molecular flexibility index (Phi) is 6.52. The Hall–Kier alpha value is -4.75. The quantitative estimate of drug-likeness (QED) is 0.198. The van der Waals surface area contributed by atoms with E-state index in [4.69, 9.17) is 4.98 Å². The molecule has 6 aromatic carbocycles. The molecule has 1 heteroatoms. The molecule has 1 saturated carbocycles. The maximum Gasteiger partial charge on any atom is 0.0704 e. The van der Waals surface area contributed by atoms with Crippen molar-refractivity contribution in [3.05, 3.63) is 139 Å². The van der Waals surface area contributed by atoms with E-state index in [1.165, 1.54) is 97.8 Å². The summed E-state index contributed by atoms with van der Waals surface area (Å²) in [6.45, 7) is 2.13. The first kappa shape index (κ1) is 25.9. The van der Waals surface area contributed by atoms with Gasteiger partial charge in [0.15, 0.2) is 0 Å². The molecule has 1 heterocycles. The van der Waals surface area contributed by atoms with Gasteiger partial charge in [0.05, 0.1) is 5.69 Å². The van der Waals surface area contributed by atoms with Crippen LogP contribution in [0.25, 0.3) is 65.8 Å². The van der Waals surface area contributed by atoms with Crippen LogP contribution >= 0.6 is 0 Å². The summed E-state index contributed by atoms with van der Waals surface area (Å²) in [5.41, 5.74) is 10.1. The van der Waals surface area contributed by atoms with Crippen molar-refractivity contribution < 1.29 is 0 Å². The molecule has 7 aromatic rings. The molecule has 1 aliphatic rings. The van der Waals surface area contributed by atoms with Crippen LogP contribution in [0.3, 0.4) is 0 Å². The SMILES string of the molecule is Cc1ccnc(-c2cccc(-c3c4ccccc4c(-c4ccc(C5CCCCC5)c5ccccc45)c4ccccc34)c2)c1. The summed E-state index contributed by atoms with van der Waals surface area (Å²) in [6, 6.07) is 45.1. The zero-order valence-electron chi connectivity index (χ0n) is 24.7. The lowest BCUT2D eigenvalue weighted by Crippen LogP contribution is -2.05. The Balaban J connectivity index is 1.40. The Morgan fingerprint density at radius 2 is 1.12 bits per heavy atom. The van der Waals surface area contributed by atoms with Crippen LogP contribution in [0.15, 0.2) is 128 Å². The number of rotatable bonds is 4. The molecule has 0 atom stereocenters. The van der Waals surface area contributed by atoms with Crippen LogP contribution in [-0.2, 0) is 0 Å². The number of hydrogen-bond donors (Lipinski definition) is 0. The minimum atomic E-state index is 0.665. The van der Waals surface area contributed by atoms with Crippen LogP contribution in [0, 0.1) is 6.92 Å². The number of benzene rings is 6. The molecule has 0 unspecified atom stereocenters. The minimum absolute atomic E-state index is 0.665. The Morgan fingerprint density at radius 3 is 1.79 bits per heavy atom. The monoisotopic (exact) mass is 553 g/mol. The lowest BCUT2D eigenvalue weighted by atomic mass is 9.79. The number of fused-ring (bicyclic) bond motifs is 3. The van der Waals surface area contributed by atoms with E-state index in [9.17, 15) is 0 Å². The average Bonchev–Trinajstić information content (AvgIpc) is 3.07. The largest absolute Gasteiger partial charge is 0.256 e. The molecule has 208 valence electrons. The highest BCUT2D eigenvalue weighted by Crippen LogP contribution is 2.47. The first-order chi connectivity index (χ1) is 21.3. The van der Waals surface area contributed by atoms with Gasteiger partial charge in [0.1, 0.15) is 0 Å². The average molecular weight is 554 g/mol. The maximum atomic E-state index is 4.69. The van der Waals surface area contributed by atoms with Crippen LogP contribution < -0.4 is 0 Å². The predicted octanol–water partition coefficient (Wildman–Crippen LogP) is 11.9. The topological polar surface area (TPSA) is 12.9 Å². The molecule has 0 aliphatic heterocycles. The third-order valence-corrected chi connectivity index (χ3v) is 9.57. The van der Waals surface area contributed by atoms with Gasteiger partial charge in [0.2, 0.25) is 0 Å². The van der Waals surface area contributed by atoms with Gasteiger partial charge in [-0.15, -0.1) is 0 Å². The Morgan fingerprint density at radius 1 is 0.512 bits per heavy atom. The molecule has 43 heavy (non-hydrogen) atoms. The van der Waals surface area contributed by atoms with Crippen molar-refractivity contribution in [1.29, 1.82) is 0 Å². The van der Waals surface area contributed by atoms with Crippen molar-refractivity contribution in [2.75, 3.05) is 0 Å². The van der Waals surface area contributed by atoms with E-state index in [2.05, 4.69) is 128 Å². The van der Waals surface area contributed by atoms with Crippen LogP contribution in [0.2, 0.25) is 0 Å². The second-order valence-electron chi connectivity index (χ2n) is 12.2. The maximum absolute atomic E-state index is 4.69. The molecule has 0 saturated heterocycles. The highest BCUT2D eigenvalue weighted by Gasteiger charge is 2.22. The van der Waals surface area contributed by atoms with E-state index in [0.717, 1.165) is 11.3 Å². The van der Waals surface area contributed by atoms with Crippen LogP contribution in [-0.4, -0.2) is 4.98 Å². The second-order valence-corrected chi connectivity index (χ2v) is 12.2. The molecule has 1 nitrogen and oxygen atoms in total. The molecule has 8 rings (SSSR count). The van der Waals surface area contributed by atoms with Gasteiger partial charge in [-0.25, -0.2) is 0 Å². The van der Waals surface area contributed by atoms with E-state index in [1.54, 1.807) is 0 Å². The van der Waals surface area contributed by atoms with Gasteiger partial charge in [-0.05, 0) is 110 Å². The van der Waals surface area contributed by atoms with Crippen molar-refractivity contribution in [1.82, 2.24) is 4.98 Å². The molecular formula is C42H35N. The van der Waals surface area contributed by atoms with Crippen molar-refractivity contribution in [2.45, 2.75) is 44.9 Å².